The first kappa shape index (κ1) is 16.9. The number of nitrogens with one attached hydrogen (secondary N) is 2. The molecule has 3 nitrogen and oxygen atoms in total. The highest BCUT2D eigenvalue weighted by atomic mass is 35.5. The van der Waals surface area contributed by atoms with E-state index in [1.165, 1.54) is 12.1 Å². The number of carbonyl (C=O) groups is 1. The maximum absolute atomic E-state index is 13.4. The standard InChI is InChI=1S/C14H18F2N2O.ClH/c15-12-3-1-2-11(14(12)16)8-13(19)18-9-10-4-6-17-7-5-10;/h1-3,10,17H,4-9H2,(H,18,19);1H. The van der Waals surface area contributed by atoms with Crippen LogP contribution < -0.4 is 10.6 Å². The summed E-state index contributed by atoms with van der Waals surface area (Å²) in [5.41, 5.74) is 0.0998. The number of hydrogen-bond acceptors (Lipinski definition) is 2. The van der Waals surface area contributed by atoms with Crippen molar-refractivity contribution in [2.75, 3.05) is 19.6 Å². The van der Waals surface area contributed by atoms with E-state index in [0.717, 1.165) is 32.0 Å². The van der Waals surface area contributed by atoms with E-state index in [4.69, 9.17) is 0 Å². The van der Waals surface area contributed by atoms with Crippen LogP contribution in [0.4, 0.5) is 8.78 Å². The van der Waals surface area contributed by atoms with Gasteiger partial charge in [0.25, 0.3) is 0 Å². The average molecular weight is 305 g/mol. The lowest BCUT2D eigenvalue weighted by atomic mass is 9.98. The molecule has 20 heavy (non-hydrogen) atoms. The van der Waals surface area contributed by atoms with E-state index in [-0.39, 0.29) is 30.3 Å². The molecule has 1 aliphatic rings. The topological polar surface area (TPSA) is 41.1 Å². The van der Waals surface area contributed by atoms with Crippen LogP contribution in [-0.4, -0.2) is 25.5 Å². The summed E-state index contributed by atoms with van der Waals surface area (Å²) in [7, 11) is 0. The molecule has 1 aromatic carbocycles. The van der Waals surface area contributed by atoms with Crippen LogP contribution in [0.2, 0.25) is 0 Å². The van der Waals surface area contributed by atoms with E-state index in [9.17, 15) is 13.6 Å². The van der Waals surface area contributed by atoms with Gasteiger partial charge in [-0.3, -0.25) is 4.79 Å². The van der Waals surface area contributed by atoms with Gasteiger partial charge in [-0.15, -0.1) is 12.4 Å². The molecule has 1 amide bonds. The summed E-state index contributed by atoms with van der Waals surface area (Å²) < 4.78 is 26.4. The number of rotatable bonds is 4. The van der Waals surface area contributed by atoms with Crippen LogP contribution in [0.3, 0.4) is 0 Å². The van der Waals surface area contributed by atoms with Crippen LogP contribution in [0, 0.1) is 17.6 Å². The fourth-order valence-electron chi connectivity index (χ4n) is 2.26. The number of hydrogen-bond donors (Lipinski definition) is 2. The zero-order valence-electron chi connectivity index (χ0n) is 11.1. The highest BCUT2D eigenvalue weighted by molar-refractivity contribution is 5.85. The molecule has 1 fully saturated rings. The molecule has 0 aliphatic carbocycles. The molecular formula is C14H19ClF2N2O. The number of benzene rings is 1. The Morgan fingerprint density at radius 3 is 2.70 bits per heavy atom. The number of halogens is 3. The minimum Gasteiger partial charge on any atom is -0.356 e. The number of piperidine rings is 1. The fraction of sp³-hybridized carbons (Fsp3) is 0.500. The quantitative estimate of drug-likeness (QED) is 0.894. The van der Waals surface area contributed by atoms with Crippen LogP contribution in [0.1, 0.15) is 18.4 Å². The molecule has 2 rings (SSSR count). The van der Waals surface area contributed by atoms with Crippen molar-refractivity contribution in [1.82, 2.24) is 10.6 Å². The summed E-state index contributed by atoms with van der Waals surface area (Å²) in [6.07, 6.45) is 1.96. The monoisotopic (exact) mass is 304 g/mol. The summed E-state index contributed by atoms with van der Waals surface area (Å²) in [5.74, 6) is -1.63. The van der Waals surface area contributed by atoms with Gasteiger partial charge in [0.1, 0.15) is 0 Å². The van der Waals surface area contributed by atoms with E-state index >= 15 is 0 Å². The van der Waals surface area contributed by atoms with Gasteiger partial charge in [0.05, 0.1) is 6.42 Å². The molecule has 0 saturated carbocycles. The van der Waals surface area contributed by atoms with Crippen molar-refractivity contribution in [3.05, 3.63) is 35.4 Å². The summed E-state index contributed by atoms with van der Waals surface area (Å²) in [6.45, 7) is 2.55. The normalized spacial score (nSPS) is 15.5. The van der Waals surface area contributed by atoms with Crippen LogP contribution in [-0.2, 0) is 11.2 Å². The molecule has 0 spiro atoms. The lowest BCUT2D eigenvalue weighted by molar-refractivity contribution is -0.120. The molecule has 0 atom stereocenters. The summed E-state index contributed by atoms with van der Waals surface area (Å²) in [5, 5.41) is 6.04. The summed E-state index contributed by atoms with van der Waals surface area (Å²) >= 11 is 0. The molecule has 112 valence electrons. The van der Waals surface area contributed by atoms with Crippen LogP contribution >= 0.6 is 12.4 Å². The Morgan fingerprint density at radius 2 is 2.00 bits per heavy atom. The molecule has 0 bridgehead atoms. The molecule has 1 saturated heterocycles. The Morgan fingerprint density at radius 1 is 1.30 bits per heavy atom. The van der Waals surface area contributed by atoms with Crippen molar-refractivity contribution in [2.24, 2.45) is 5.92 Å². The average Bonchev–Trinajstić information content (AvgIpc) is 2.43. The zero-order chi connectivity index (χ0) is 13.7. The zero-order valence-corrected chi connectivity index (χ0v) is 11.9. The van der Waals surface area contributed by atoms with Gasteiger partial charge in [-0.1, -0.05) is 12.1 Å². The maximum atomic E-state index is 13.4. The number of amides is 1. The van der Waals surface area contributed by atoms with Gasteiger partial charge in [0.2, 0.25) is 5.91 Å². The second-order valence-electron chi connectivity index (χ2n) is 4.89. The smallest absolute Gasteiger partial charge is 0.224 e. The molecule has 0 radical (unpaired) electrons. The van der Waals surface area contributed by atoms with Crippen molar-refractivity contribution in [3.8, 4) is 0 Å². The first-order chi connectivity index (χ1) is 9.16. The van der Waals surface area contributed by atoms with Crippen LogP contribution in [0.15, 0.2) is 18.2 Å². The predicted molar refractivity (Wildman–Crippen MR) is 75.9 cm³/mol. The van der Waals surface area contributed by atoms with Gasteiger partial charge in [0, 0.05) is 12.1 Å². The Hall–Kier alpha value is -1.20. The Kier molecular flexibility index (Phi) is 6.88. The first-order valence-corrected chi connectivity index (χ1v) is 6.57. The van der Waals surface area contributed by atoms with Gasteiger partial charge in [0.15, 0.2) is 11.6 Å². The third kappa shape index (κ3) is 4.72. The van der Waals surface area contributed by atoms with E-state index < -0.39 is 11.6 Å². The molecule has 0 aromatic heterocycles. The molecule has 0 unspecified atom stereocenters. The van der Waals surface area contributed by atoms with Gasteiger partial charge >= 0.3 is 0 Å². The molecule has 6 heteroatoms. The van der Waals surface area contributed by atoms with Gasteiger partial charge in [-0.2, -0.15) is 0 Å². The highest BCUT2D eigenvalue weighted by Gasteiger charge is 2.15. The Bertz CT molecular complexity index is 451. The largest absolute Gasteiger partial charge is 0.356 e. The van der Waals surface area contributed by atoms with Crippen molar-refractivity contribution in [2.45, 2.75) is 19.3 Å². The minimum absolute atomic E-state index is 0. The van der Waals surface area contributed by atoms with E-state index in [0.29, 0.717) is 12.5 Å². The van der Waals surface area contributed by atoms with E-state index in [1.807, 2.05) is 0 Å². The second-order valence-corrected chi connectivity index (χ2v) is 4.89. The van der Waals surface area contributed by atoms with E-state index in [1.54, 1.807) is 0 Å². The van der Waals surface area contributed by atoms with Crippen molar-refractivity contribution in [3.63, 3.8) is 0 Å². The van der Waals surface area contributed by atoms with Crippen molar-refractivity contribution in [1.29, 1.82) is 0 Å². The minimum atomic E-state index is -0.931. The summed E-state index contributed by atoms with van der Waals surface area (Å²) in [6, 6.07) is 3.89. The molecule has 1 aliphatic heterocycles. The first-order valence-electron chi connectivity index (χ1n) is 6.57. The Labute approximate surface area is 123 Å². The highest BCUT2D eigenvalue weighted by Crippen LogP contribution is 2.13. The summed E-state index contributed by atoms with van der Waals surface area (Å²) in [4.78, 5) is 11.7. The van der Waals surface area contributed by atoms with Gasteiger partial charge in [-0.05, 0) is 37.9 Å². The maximum Gasteiger partial charge on any atom is 0.224 e. The van der Waals surface area contributed by atoms with Crippen LogP contribution in [0.5, 0.6) is 0 Å². The lowest BCUT2D eigenvalue weighted by Crippen LogP contribution is -2.36. The Balaban J connectivity index is 0.00000200. The van der Waals surface area contributed by atoms with E-state index in [2.05, 4.69) is 10.6 Å². The molecule has 2 N–H and O–H groups in total. The van der Waals surface area contributed by atoms with Gasteiger partial charge < -0.3 is 10.6 Å². The molecule has 1 heterocycles. The second kappa shape index (κ2) is 8.17. The lowest BCUT2D eigenvalue weighted by Gasteiger charge is -2.22. The van der Waals surface area contributed by atoms with Crippen molar-refractivity contribution >= 4 is 18.3 Å². The number of carbonyl (C=O) groups excluding carboxylic acids is 1. The third-order valence-electron chi connectivity index (χ3n) is 3.43. The van der Waals surface area contributed by atoms with Crippen LogP contribution in [0.25, 0.3) is 0 Å². The molecular weight excluding hydrogens is 286 g/mol. The SMILES string of the molecule is Cl.O=C(Cc1cccc(F)c1F)NCC1CCNCC1. The van der Waals surface area contributed by atoms with Crippen molar-refractivity contribution < 1.29 is 13.6 Å². The predicted octanol–water partition coefficient (Wildman–Crippen LogP) is 2.04. The van der Waals surface area contributed by atoms with Gasteiger partial charge in [-0.25, -0.2) is 8.78 Å². The molecule has 1 aromatic rings. The fourth-order valence-corrected chi connectivity index (χ4v) is 2.26. The third-order valence-corrected chi connectivity index (χ3v) is 3.43.